The fraction of sp³-hybridized carbons (Fsp3) is 0.917. The summed E-state index contributed by atoms with van der Waals surface area (Å²) in [5, 5.41) is 2.76. The summed E-state index contributed by atoms with van der Waals surface area (Å²) in [6.45, 7) is 4.73. The first kappa shape index (κ1) is 20.6. The molecule has 0 bridgehead atoms. The molecular weight excluding hydrogens is 316 g/mol. The molecule has 1 rings (SSSR count). The molecule has 0 aromatic carbocycles. The zero-order chi connectivity index (χ0) is 15.2. The molecule has 9 heteroatoms. The molecule has 1 atom stereocenters. The van der Waals surface area contributed by atoms with E-state index in [1.165, 1.54) is 4.31 Å². The maximum Gasteiger partial charge on any atom is 0.279 e. The highest BCUT2D eigenvalue weighted by molar-refractivity contribution is 7.87. The Labute approximate surface area is 133 Å². The normalized spacial score (nSPS) is 20.1. The quantitative estimate of drug-likeness (QED) is 0.604. The fourth-order valence-corrected chi connectivity index (χ4v) is 3.98. The molecule has 1 fully saturated rings. The lowest BCUT2D eigenvalue weighted by molar-refractivity contribution is -0.121. The number of hydrogen-bond donors (Lipinski definition) is 3. The van der Waals surface area contributed by atoms with Crippen molar-refractivity contribution in [2.75, 3.05) is 19.6 Å². The van der Waals surface area contributed by atoms with E-state index in [0.29, 0.717) is 19.6 Å². The molecule has 1 aliphatic rings. The monoisotopic (exact) mass is 342 g/mol. The second-order valence-electron chi connectivity index (χ2n) is 5.38. The number of piperidine rings is 1. The van der Waals surface area contributed by atoms with E-state index in [2.05, 4.69) is 10.0 Å². The number of nitrogens with two attached hydrogens (primary N) is 1. The first-order valence-electron chi connectivity index (χ1n) is 7.12. The molecule has 0 aromatic rings. The average Bonchev–Trinajstić information content (AvgIpc) is 2.35. The third-order valence-corrected chi connectivity index (χ3v) is 5.04. The predicted octanol–water partition coefficient (Wildman–Crippen LogP) is -0.0295. The summed E-state index contributed by atoms with van der Waals surface area (Å²) in [6, 6.07) is -0.323. The van der Waals surface area contributed by atoms with Gasteiger partial charge in [-0.25, -0.2) is 0 Å². The molecular formula is C12H27ClN4O3S. The molecule has 1 saturated heterocycles. The minimum absolute atomic E-state index is 0. The summed E-state index contributed by atoms with van der Waals surface area (Å²) >= 11 is 0. The SMILES string of the molecule is CC(C)NS(=O)(=O)N1CCCCC1CNC(=O)CCN.Cl. The van der Waals surface area contributed by atoms with Crippen LogP contribution in [-0.4, -0.2) is 50.3 Å². The van der Waals surface area contributed by atoms with Gasteiger partial charge in [0.1, 0.15) is 0 Å². The van der Waals surface area contributed by atoms with Crippen LogP contribution in [0, 0.1) is 0 Å². The predicted molar refractivity (Wildman–Crippen MR) is 85.5 cm³/mol. The van der Waals surface area contributed by atoms with E-state index in [9.17, 15) is 13.2 Å². The van der Waals surface area contributed by atoms with Gasteiger partial charge in [-0.3, -0.25) is 4.79 Å². The van der Waals surface area contributed by atoms with Crippen molar-refractivity contribution in [3.05, 3.63) is 0 Å². The topological polar surface area (TPSA) is 105 Å². The van der Waals surface area contributed by atoms with Gasteiger partial charge in [0.2, 0.25) is 5.91 Å². The Hall–Kier alpha value is -0.410. The highest BCUT2D eigenvalue weighted by Crippen LogP contribution is 2.19. The molecule has 7 nitrogen and oxygen atoms in total. The van der Waals surface area contributed by atoms with E-state index in [0.717, 1.165) is 19.3 Å². The van der Waals surface area contributed by atoms with Crippen LogP contribution in [0.25, 0.3) is 0 Å². The lowest BCUT2D eigenvalue weighted by Crippen LogP contribution is -2.54. The Morgan fingerprint density at radius 1 is 1.38 bits per heavy atom. The van der Waals surface area contributed by atoms with Crippen LogP contribution in [0.1, 0.15) is 39.5 Å². The number of carbonyl (C=O) groups is 1. The Morgan fingerprint density at radius 2 is 2.05 bits per heavy atom. The zero-order valence-corrected chi connectivity index (χ0v) is 14.3. The van der Waals surface area contributed by atoms with Gasteiger partial charge in [0.05, 0.1) is 0 Å². The van der Waals surface area contributed by atoms with Gasteiger partial charge >= 0.3 is 0 Å². The van der Waals surface area contributed by atoms with Crippen LogP contribution in [0.5, 0.6) is 0 Å². The van der Waals surface area contributed by atoms with Gasteiger partial charge in [-0.05, 0) is 26.7 Å². The van der Waals surface area contributed by atoms with Crippen LogP contribution in [-0.2, 0) is 15.0 Å². The van der Waals surface area contributed by atoms with Crippen LogP contribution < -0.4 is 15.8 Å². The highest BCUT2D eigenvalue weighted by atomic mass is 35.5. The maximum absolute atomic E-state index is 12.3. The molecule has 1 aliphatic heterocycles. The van der Waals surface area contributed by atoms with Gasteiger partial charge in [-0.1, -0.05) is 6.42 Å². The molecule has 0 radical (unpaired) electrons. The van der Waals surface area contributed by atoms with Crippen LogP contribution in [0.2, 0.25) is 0 Å². The van der Waals surface area contributed by atoms with Crippen molar-refractivity contribution >= 4 is 28.5 Å². The molecule has 4 N–H and O–H groups in total. The van der Waals surface area contributed by atoms with Crippen molar-refractivity contribution in [1.29, 1.82) is 0 Å². The van der Waals surface area contributed by atoms with Crippen LogP contribution in [0.3, 0.4) is 0 Å². The van der Waals surface area contributed by atoms with Crippen molar-refractivity contribution in [2.45, 2.75) is 51.6 Å². The standard InChI is InChI=1S/C12H26N4O3S.ClH/c1-10(2)15-20(18,19)16-8-4-3-5-11(16)9-14-12(17)6-7-13;/h10-11,15H,3-9,13H2,1-2H3,(H,14,17);1H. The van der Waals surface area contributed by atoms with Gasteiger partial charge in [-0.2, -0.15) is 17.4 Å². The molecule has 21 heavy (non-hydrogen) atoms. The summed E-state index contributed by atoms with van der Waals surface area (Å²) in [6.07, 6.45) is 2.86. The van der Waals surface area contributed by atoms with E-state index in [-0.39, 0.29) is 36.8 Å². The van der Waals surface area contributed by atoms with Gasteiger partial charge in [0, 0.05) is 38.1 Å². The van der Waals surface area contributed by atoms with Crippen molar-refractivity contribution in [3.63, 3.8) is 0 Å². The summed E-state index contributed by atoms with van der Waals surface area (Å²) < 4.78 is 28.6. The summed E-state index contributed by atoms with van der Waals surface area (Å²) in [7, 11) is -3.48. The third kappa shape index (κ3) is 6.92. The van der Waals surface area contributed by atoms with Crippen LogP contribution in [0.4, 0.5) is 0 Å². The molecule has 0 aromatic heterocycles. The number of hydrogen-bond acceptors (Lipinski definition) is 4. The summed E-state index contributed by atoms with van der Waals surface area (Å²) in [5.41, 5.74) is 5.31. The Bertz CT molecular complexity index is 417. The second kappa shape index (κ2) is 9.58. The number of rotatable bonds is 7. The van der Waals surface area contributed by atoms with E-state index in [1.54, 1.807) is 13.8 Å². The number of halogens is 1. The summed E-state index contributed by atoms with van der Waals surface area (Å²) in [4.78, 5) is 11.4. The van der Waals surface area contributed by atoms with E-state index < -0.39 is 10.2 Å². The van der Waals surface area contributed by atoms with Crippen LogP contribution >= 0.6 is 12.4 Å². The lowest BCUT2D eigenvalue weighted by atomic mass is 10.1. The van der Waals surface area contributed by atoms with Crippen molar-refractivity contribution in [2.24, 2.45) is 5.73 Å². The zero-order valence-electron chi connectivity index (χ0n) is 12.7. The molecule has 1 heterocycles. The maximum atomic E-state index is 12.3. The van der Waals surface area contributed by atoms with Gasteiger partial charge < -0.3 is 11.1 Å². The first-order chi connectivity index (χ1) is 9.36. The third-order valence-electron chi connectivity index (χ3n) is 3.17. The Morgan fingerprint density at radius 3 is 2.62 bits per heavy atom. The van der Waals surface area contributed by atoms with E-state index >= 15 is 0 Å². The first-order valence-corrected chi connectivity index (χ1v) is 8.56. The molecule has 1 amide bonds. The van der Waals surface area contributed by atoms with Gasteiger partial charge in [0.25, 0.3) is 10.2 Å². The van der Waals surface area contributed by atoms with E-state index in [4.69, 9.17) is 5.73 Å². The minimum atomic E-state index is -3.48. The molecule has 1 unspecified atom stereocenters. The average molecular weight is 343 g/mol. The van der Waals surface area contributed by atoms with Crippen molar-refractivity contribution in [1.82, 2.24) is 14.3 Å². The minimum Gasteiger partial charge on any atom is -0.354 e. The molecule has 0 spiro atoms. The number of nitrogens with one attached hydrogen (secondary N) is 2. The summed E-state index contributed by atoms with van der Waals surface area (Å²) in [5.74, 6) is -0.132. The van der Waals surface area contributed by atoms with Gasteiger partial charge in [0.15, 0.2) is 0 Å². The second-order valence-corrected chi connectivity index (χ2v) is 7.04. The number of carbonyl (C=O) groups excluding carboxylic acids is 1. The molecule has 0 aliphatic carbocycles. The smallest absolute Gasteiger partial charge is 0.279 e. The highest BCUT2D eigenvalue weighted by Gasteiger charge is 2.32. The lowest BCUT2D eigenvalue weighted by Gasteiger charge is -2.35. The number of nitrogens with zero attached hydrogens (tertiary/aromatic N) is 1. The van der Waals surface area contributed by atoms with Gasteiger partial charge in [-0.15, -0.1) is 12.4 Å². The Kier molecular flexibility index (Phi) is 9.39. The molecule has 0 saturated carbocycles. The van der Waals surface area contributed by atoms with Crippen molar-refractivity contribution < 1.29 is 13.2 Å². The van der Waals surface area contributed by atoms with Crippen molar-refractivity contribution in [3.8, 4) is 0 Å². The van der Waals surface area contributed by atoms with E-state index in [1.807, 2.05) is 0 Å². The number of amides is 1. The molecule has 126 valence electrons. The fourth-order valence-electron chi connectivity index (χ4n) is 2.31. The Balaban J connectivity index is 0.00000400. The van der Waals surface area contributed by atoms with Crippen LogP contribution in [0.15, 0.2) is 0 Å². The largest absolute Gasteiger partial charge is 0.354 e.